The smallest absolute Gasteiger partial charge is 0.151 e. The van der Waals surface area contributed by atoms with E-state index in [2.05, 4.69) is 4.98 Å². The molecule has 0 radical (unpaired) electrons. The Balaban J connectivity index is 2.34. The van der Waals surface area contributed by atoms with Crippen LogP contribution < -0.4 is 0 Å². The van der Waals surface area contributed by atoms with E-state index in [-0.39, 0.29) is 18.1 Å². The van der Waals surface area contributed by atoms with Gasteiger partial charge in [-0.15, -0.1) is 0 Å². The summed E-state index contributed by atoms with van der Waals surface area (Å²) in [5.41, 5.74) is 1.49. The Morgan fingerprint density at radius 2 is 2.22 bits per heavy atom. The Morgan fingerprint density at radius 3 is 2.89 bits per heavy atom. The summed E-state index contributed by atoms with van der Waals surface area (Å²) in [6.07, 6.45) is 3.43. The van der Waals surface area contributed by atoms with Crippen LogP contribution in [0.15, 0.2) is 24.5 Å². The molecule has 18 heavy (non-hydrogen) atoms. The number of aromatic nitrogens is 2. The van der Waals surface area contributed by atoms with Crippen LogP contribution in [0.4, 0.5) is 0 Å². The lowest BCUT2D eigenvalue weighted by atomic mass is 10.2. The van der Waals surface area contributed by atoms with Crippen molar-refractivity contribution in [3.63, 3.8) is 0 Å². The predicted octanol–water partition coefficient (Wildman–Crippen LogP) is 0.963. The summed E-state index contributed by atoms with van der Waals surface area (Å²) in [5.74, 6) is 0.237. The number of hydrogen-bond donors (Lipinski definition) is 1. The zero-order valence-electron chi connectivity index (χ0n) is 10.2. The van der Waals surface area contributed by atoms with Gasteiger partial charge in [-0.1, -0.05) is 6.92 Å². The zero-order valence-corrected chi connectivity index (χ0v) is 11.0. The molecule has 0 bridgehead atoms. The topological polar surface area (TPSA) is 72.2 Å². The number of pyridine rings is 1. The number of sulfone groups is 1. The molecule has 0 atom stereocenters. The molecule has 0 unspecified atom stereocenters. The highest BCUT2D eigenvalue weighted by Gasteiger charge is 2.12. The fourth-order valence-electron chi connectivity index (χ4n) is 1.87. The van der Waals surface area contributed by atoms with E-state index in [1.165, 1.54) is 0 Å². The van der Waals surface area contributed by atoms with Crippen molar-refractivity contribution in [1.82, 2.24) is 9.55 Å². The lowest BCUT2D eigenvalue weighted by molar-refractivity contribution is 0.283. The van der Waals surface area contributed by atoms with Crippen LogP contribution in [0.5, 0.6) is 0 Å². The largest absolute Gasteiger partial charge is 0.392 e. The first-order valence-electron chi connectivity index (χ1n) is 5.81. The van der Waals surface area contributed by atoms with E-state index in [0.29, 0.717) is 12.2 Å². The Hall–Kier alpha value is -1.40. The van der Waals surface area contributed by atoms with Crippen molar-refractivity contribution in [2.75, 3.05) is 11.5 Å². The third-order valence-electron chi connectivity index (χ3n) is 2.97. The van der Waals surface area contributed by atoms with Crippen LogP contribution in [0.3, 0.4) is 0 Å². The Labute approximate surface area is 106 Å². The van der Waals surface area contributed by atoms with Gasteiger partial charge in [-0.25, -0.2) is 13.4 Å². The van der Waals surface area contributed by atoms with E-state index in [4.69, 9.17) is 0 Å². The molecule has 0 aliphatic carbocycles. The van der Waals surface area contributed by atoms with Crippen LogP contribution in [0.25, 0.3) is 11.0 Å². The van der Waals surface area contributed by atoms with E-state index in [9.17, 15) is 13.5 Å². The van der Waals surface area contributed by atoms with Crippen LogP contribution in [0.2, 0.25) is 0 Å². The van der Waals surface area contributed by atoms with Crippen LogP contribution in [0.1, 0.15) is 12.5 Å². The summed E-state index contributed by atoms with van der Waals surface area (Å²) in [6.45, 7) is 1.93. The molecule has 2 aromatic heterocycles. The van der Waals surface area contributed by atoms with Gasteiger partial charge in [-0.2, -0.15) is 0 Å². The lowest BCUT2D eigenvalue weighted by Crippen LogP contribution is -2.14. The van der Waals surface area contributed by atoms with Gasteiger partial charge in [0.15, 0.2) is 9.84 Å². The van der Waals surface area contributed by atoms with E-state index in [1.54, 1.807) is 30.0 Å². The van der Waals surface area contributed by atoms with Crippen molar-refractivity contribution in [1.29, 1.82) is 0 Å². The monoisotopic (exact) mass is 268 g/mol. The SMILES string of the molecule is CCS(=O)(=O)CCn1cc(CO)c2cccnc21. The Kier molecular flexibility index (Phi) is 3.68. The first kappa shape index (κ1) is 13.0. The van der Waals surface area contributed by atoms with E-state index in [1.807, 2.05) is 6.07 Å². The number of nitrogens with zero attached hydrogens (tertiary/aromatic N) is 2. The molecule has 2 heterocycles. The average Bonchev–Trinajstić information content (AvgIpc) is 2.75. The summed E-state index contributed by atoms with van der Waals surface area (Å²) >= 11 is 0. The zero-order chi connectivity index (χ0) is 13.2. The van der Waals surface area contributed by atoms with Crippen molar-refractivity contribution in [2.45, 2.75) is 20.1 Å². The van der Waals surface area contributed by atoms with Gasteiger partial charge in [0, 0.05) is 35.6 Å². The number of hydrogen-bond acceptors (Lipinski definition) is 4. The molecular formula is C12H16N2O3S. The minimum atomic E-state index is -2.99. The molecule has 98 valence electrons. The van der Waals surface area contributed by atoms with Gasteiger partial charge in [0.1, 0.15) is 5.65 Å². The Morgan fingerprint density at radius 1 is 1.44 bits per heavy atom. The normalized spacial score (nSPS) is 12.1. The molecule has 0 saturated carbocycles. The van der Waals surface area contributed by atoms with Gasteiger partial charge in [0.25, 0.3) is 0 Å². The molecule has 5 nitrogen and oxygen atoms in total. The summed E-state index contributed by atoms with van der Waals surface area (Å²) in [6, 6.07) is 3.67. The second-order valence-electron chi connectivity index (χ2n) is 4.12. The van der Waals surface area contributed by atoms with Crippen molar-refractivity contribution >= 4 is 20.9 Å². The van der Waals surface area contributed by atoms with Crippen molar-refractivity contribution in [2.24, 2.45) is 0 Å². The minimum Gasteiger partial charge on any atom is -0.392 e. The maximum atomic E-state index is 11.5. The second-order valence-corrected chi connectivity index (χ2v) is 6.59. The lowest BCUT2D eigenvalue weighted by Gasteiger charge is -2.04. The van der Waals surface area contributed by atoms with Gasteiger partial charge in [0.05, 0.1) is 12.4 Å². The van der Waals surface area contributed by atoms with Gasteiger partial charge >= 0.3 is 0 Å². The van der Waals surface area contributed by atoms with Crippen molar-refractivity contribution in [3.05, 3.63) is 30.1 Å². The maximum absolute atomic E-state index is 11.5. The highest BCUT2D eigenvalue weighted by atomic mass is 32.2. The van der Waals surface area contributed by atoms with Crippen molar-refractivity contribution in [3.8, 4) is 0 Å². The number of rotatable bonds is 5. The quantitative estimate of drug-likeness (QED) is 0.876. The first-order valence-corrected chi connectivity index (χ1v) is 7.63. The van der Waals surface area contributed by atoms with Gasteiger partial charge in [-0.3, -0.25) is 0 Å². The maximum Gasteiger partial charge on any atom is 0.151 e. The van der Waals surface area contributed by atoms with Crippen LogP contribution in [-0.2, 0) is 23.0 Å². The third kappa shape index (κ3) is 2.54. The summed E-state index contributed by atoms with van der Waals surface area (Å²) in [7, 11) is -2.99. The van der Waals surface area contributed by atoms with Crippen LogP contribution in [-0.4, -0.2) is 34.6 Å². The molecule has 0 aliphatic heterocycles. The predicted molar refractivity (Wildman–Crippen MR) is 70.0 cm³/mol. The second kappa shape index (κ2) is 5.07. The highest BCUT2D eigenvalue weighted by molar-refractivity contribution is 7.91. The molecule has 0 aliphatic rings. The van der Waals surface area contributed by atoms with Gasteiger partial charge < -0.3 is 9.67 Å². The molecule has 0 amide bonds. The molecule has 6 heteroatoms. The highest BCUT2D eigenvalue weighted by Crippen LogP contribution is 2.19. The minimum absolute atomic E-state index is 0.0737. The fraction of sp³-hybridized carbons (Fsp3) is 0.417. The molecule has 0 saturated heterocycles. The molecule has 2 rings (SSSR count). The Bertz CT molecular complexity index is 646. The first-order chi connectivity index (χ1) is 8.57. The molecule has 0 fully saturated rings. The van der Waals surface area contributed by atoms with E-state index >= 15 is 0 Å². The number of aryl methyl sites for hydroxylation is 1. The van der Waals surface area contributed by atoms with E-state index in [0.717, 1.165) is 10.9 Å². The van der Waals surface area contributed by atoms with Crippen LogP contribution >= 0.6 is 0 Å². The summed E-state index contributed by atoms with van der Waals surface area (Å²) < 4.78 is 24.8. The van der Waals surface area contributed by atoms with Crippen LogP contribution in [0, 0.1) is 0 Å². The van der Waals surface area contributed by atoms with Gasteiger partial charge in [-0.05, 0) is 12.1 Å². The fourth-order valence-corrected chi connectivity index (χ4v) is 2.64. The molecule has 0 aromatic carbocycles. The van der Waals surface area contributed by atoms with Gasteiger partial charge in [0.2, 0.25) is 0 Å². The summed E-state index contributed by atoms with van der Waals surface area (Å²) in [4.78, 5) is 4.23. The molecule has 0 spiro atoms. The van der Waals surface area contributed by atoms with E-state index < -0.39 is 9.84 Å². The average molecular weight is 268 g/mol. The standard InChI is InChI=1S/C12H16N2O3S/c1-2-18(16,17)7-6-14-8-10(9-15)11-4-3-5-13-12(11)14/h3-5,8,15H,2,6-7,9H2,1H3. The number of aliphatic hydroxyl groups excluding tert-OH is 1. The molecule has 1 N–H and O–H groups in total. The van der Waals surface area contributed by atoms with Crippen molar-refractivity contribution < 1.29 is 13.5 Å². The molecular weight excluding hydrogens is 252 g/mol. The number of aliphatic hydroxyl groups is 1. The number of fused-ring (bicyclic) bond motifs is 1. The molecule has 2 aromatic rings. The summed E-state index contributed by atoms with van der Waals surface area (Å²) in [5, 5.41) is 10.1. The third-order valence-corrected chi connectivity index (χ3v) is 4.65.